The van der Waals surface area contributed by atoms with Crippen molar-refractivity contribution in [3.8, 4) is 0 Å². The van der Waals surface area contributed by atoms with Gasteiger partial charge >= 0.3 is 0 Å². The summed E-state index contributed by atoms with van der Waals surface area (Å²) in [6, 6.07) is 0. The summed E-state index contributed by atoms with van der Waals surface area (Å²) < 4.78 is 0. The first-order valence-corrected chi connectivity index (χ1v) is 2.55. The molecule has 1 saturated heterocycles. The zero-order chi connectivity index (χ0) is 4.95. The summed E-state index contributed by atoms with van der Waals surface area (Å²) in [5.74, 6) is 0. The zero-order valence-electron chi connectivity index (χ0n) is 4.24. The summed E-state index contributed by atoms with van der Waals surface area (Å²) in [5, 5.41) is 3.16. The summed E-state index contributed by atoms with van der Waals surface area (Å²) in [6.45, 7) is 3.67. The molecule has 0 saturated carbocycles. The Bertz CT molecular complexity index is 29.3. The Morgan fingerprint density at radius 1 is 1.14 bits per heavy atom. The van der Waals surface area contributed by atoms with E-state index < -0.39 is 0 Å². The average Bonchev–Trinajstić information content (AvgIpc) is 1.90. The lowest BCUT2D eigenvalue weighted by molar-refractivity contribution is 0.0584. The Kier molecular flexibility index (Phi) is 2.12. The first-order chi connectivity index (χ1) is 3.50. The van der Waals surface area contributed by atoms with E-state index in [2.05, 4.69) is 10.8 Å². The van der Waals surface area contributed by atoms with Crippen molar-refractivity contribution in [1.29, 1.82) is 0 Å². The van der Waals surface area contributed by atoms with Gasteiger partial charge in [0.1, 0.15) is 0 Å². The molecule has 0 amide bonds. The molecule has 42 valence electrons. The van der Waals surface area contributed by atoms with Gasteiger partial charge in [0.2, 0.25) is 0 Å². The van der Waals surface area contributed by atoms with Gasteiger partial charge in [-0.1, -0.05) is 0 Å². The van der Waals surface area contributed by atoms with Crippen LogP contribution in [0.3, 0.4) is 0 Å². The van der Waals surface area contributed by atoms with Gasteiger partial charge in [0.15, 0.2) is 0 Å². The van der Waals surface area contributed by atoms with Crippen molar-refractivity contribution in [3.05, 3.63) is 0 Å². The van der Waals surface area contributed by atoms with Gasteiger partial charge in [0.25, 0.3) is 0 Å². The fourth-order valence-corrected chi connectivity index (χ4v) is 0.532. The standard InChI is InChI=1S/C4H10N2O/c1-2-6-7-4-3-5-1/h5-6H,1-4H2. The van der Waals surface area contributed by atoms with Crippen LogP contribution in [0.1, 0.15) is 0 Å². The summed E-state index contributed by atoms with van der Waals surface area (Å²) in [4.78, 5) is 4.88. The molecule has 3 heteroatoms. The molecule has 0 spiro atoms. The first-order valence-electron chi connectivity index (χ1n) is 2.55. The number of hydrogen-bond acceptors (Lipinski definition) is 3. The normalized spacial score (nSPS) is 24.0. The molecule has 0 unspecified atom stereocenters. The van der Waals surface area contributed by atoms with E-state index in [0.717, 1.165) is 26.2 Å². The second kappa shape index (κ2) is 2.96. The number of hydrogen-bond donors (Lipinski definition) is 2. The van der Waals surface area contributed by atoms with Crippen LogP contribution in [-0.4, -0.2) is 26.2 Å². The van der Waals surface area contributed by atoms with Crippen LogP contribution < -0.4 is 10.8 Å². The van der Waals surface area contributed by atoms with E-state index in [9.17, 15) is 0 Å². The third-order valence-corrected chi connectivity index (χ3v) is 0.887. The Morgan fingerprint density at radius 2 is 2.14 bits per heavy atom. The molecule has 3 nitrogen and oxygen atoms in total. The quantitative estimate of drug-likeness (QED) is 0.416. The minimum atomic E-state index is 0.778. The Balaban J connectivity index is 2.04. The van der Waals surface area contributed by atoms with Crippen molar-refractivity contribution in [2.24, 2.45) is 0 Å². The molecule has 0 aromatic rings. The SMILES string of the molecule is C1CNOCCN1. The van der Waals surface area contributed by atoms with Gasteiger partial charge in [-0.2, -0.15) is 0 Å². The average molecular weight is 102 g/mol. The molecule has 0 aromatic heterocycles. The largest absolute Gasteiger partial charge is 0.313 e. The molecule has 1 aliphatic rings. The van der Waals surface area contributed by atoms with Crippen molar-refractivity contribution in [2.45, 2.75) is 0 Å². The van der Waals surface area contributed by atoms with Crippen molar-refractivity contribution in [2.75, 3.05) is 26.2 Å². The predicted octanol–water partition coefficient (Wildman–Crippen LogP) is -0.889. The highest BCUT2D eigenvalue weighted by molar-refractivity contribution is 4.49. The van der Waals surface area contributed by atoms with E-state index in [0.29, 0.717) is 0 Å². The monoisotopic (exact) mass is 102 g/mol. The minimum absolute atomic E-state index is 0.778. The van der Waals surface area contributed by atoms with Gasteiger partial charge in [0.05, 0.1) is 6.61 Å². The van der Waals surface area contributed by atoms with Crippen LogP contribution in [0.5, 0.6) is 0 Å². The first kappa shape index (κ1) is 5.03. The zero-order valence-corrected chi connectivity index (χ0v) is 4.24. The van der Waals surface area contributed by atoms with E-state index in [-0.39, 0.29) is 0 Å². The topological polar surface area (TPSA) is 33.3 Å². The van der Waals surface area contributed by atoms with Crippen molar-refractivity contribution >= 4 is 0 Å². The van der Waals surface area contributed by atoms with Crippen LogP contribution >= 0.6 is 0 Å². The van der Waals surface area contributed by atoms with Gasteiger partial charge in [0, 0.05) is 19.6 Å². The lowest BCUT2D eigenvalue weighted by Gasteiger charge is -1.93. The molecule has 0 bridgehead atoms. The predicted molar refractivity (Wildman–Crippen MR) is 26.8 cm³/mol. The summed E-state index contributed by atoms with van der Waals surface area (Å²) in [7, 11) is 0. The highest BCUT2D eigenvalue weighted by atomic mass is 16.6. The number of nitrogens with one attached hydrogen (secondary N) is 2. The van der Waals surface area contributed by atoms with Gasteiger partial charge < -0.3 is 10.2 Å². The molecule has 2 N–H and O–H groups in total. The molecule has 0 atom stereocenters. The lowest BCUT2D eigenvalue weighted by atomic mass is 10.6. The molecular weight excluding hydrogens is 92.1 g/mol. The molecular formula is C4H10N2O. The van der Waals surface area contributed by atoms with Crippen LogP contribution in [0.25, 0.3) is 0 Å². The van der Waals surface area contributed by atoms with Gasteiger partial charge in [-0.05, 0) is 0 Å². The maximum Gasteiger partial charge on any atom is 0.0806 e. The summed E-state index contributed by atoms with van der Waals surface area (Å²) >= 11 is 0. The second-order valence-electron chi connectivity index (χ2n) is 1.49. The van der Waals surface area contributed by atoms with Gasteiger partial charge in [-0.3, -0.25) is 0 Å². The Labute approximate surface area is 43.0 Å². The van der Waals surface area contributed by atoms with E-state index in [1.165, 1.54) is 0 Å². The van der Waals surface area contributed by atoms with Gasteiger partial charge in [-0.15, -0.1) is 0 Å². The minimum Gasteiger partial charge on any atom is -0.313 e. The second-order valence-corrected chi connectivity index (χ2v) is 1.49. The Morgan fingerprint density at radius 3 is 3.14 bits per heavy atom. The fourth-order valence-electron chi connectivity index (χ4n) is 0.532. The van der Waals surface area contributed by atoms with E-state index in [1.807, 2.05) is 0 Å². The molecule has 1 fully saturated rings. The van der Waals surface area contributed by atoms with Crippen LogP contribution in [0, 0.1) is 0 Å². The summed E-state index contributed by atoms with van der Waals surface area (Å²) in [6.07, 6.45) is 0. The molecule has 1 heterocycles. The maximum atomic E-state index is 4.88. The Hall–Kier alpha value is -0.120. The smallest absolute Gasteiger partial charge is 0.0806 e. The van der Waals surface area contributed by atoms with Crippen LogP contribution in [-0.2, 0) is 4.84 Å². The van der Waals surface area contributed by atoms with E-state index in [1.54, 1.807) is 0 Å². The lowest BCUT2D eigenvalue weighted by Crippen LogP contribution is -2.20. The molecule has 1 rings (SSSR count). The highest BCUT2D eigenvalue weighted by Gasteiger charge is 1.92. The number of hydroxylamine groups is 1. The van der Waals surface area contributed by atoms with E-state index in [4.69, 9.17) is 4.84 Å². The van der Waals surface area contributed by atoms with Crippen molar-refractivity contribution in [1.82, 2.24) is 10.8 Å². The molecule has 1 aliphatic heterocycles. The molecule has 0 radical (unpaired) electrons. The third kappa shape index (κ3) is 1.87. The molecule has 7 heavy (non-hydrogen) atoms. The highest BCUT2D eigenvalue weighted by Crippen LogP contribution is 1.70. The molecule has 0 aromatic carbocycles. The maximum absolute atomic E-state index is 4.88. The number of rotatable bonds is 0. The van der Waals surface area contributed by atoms with Crippen molar-refractivity contribution < 1.29 is 4.84 Å². The fraction of sp³-hybridized carbons (Fsp3) is 1.00. The van der Waals surface area contributed by atoms with Crippen molar-refractivity contribution in [3.63, 3.8) is 0 Å². The van der Waals surface area contributed by atoms with Crippen LogP contribution in [0.4, 0.5) is 0 Å². The molecule has 0 aliphatic carbocycles. The third-order valence-electron chi connectivity index (χ3n) is 0.887. The summed E-state index contributed by atoms with van der Waals surface area (Å²) in [5.41, 5.74) is 2.78. The van der Waals surface area contributed by atoms with E-state index >= 15 is 0 Å². The van der Waals surface area contributed by atoms with Gasteiger partial charge in [-0.25, -0.2) is 5.48 Å². The van der Waals surface area contributed by atoms with Crippen LogP contribution in [0.15, 0.2) is 0 Å². The van der Waals surface area contributed by atoms with Crippen LogP contribution in [0.2, 0.25) is 0 Å².